The van der Waals surface area contributed by atoms with Gasteiger partial charge in [0.1, 0.15) is 19.0 Å². The molecule has 2 aromatic carbocycles. The molecule has 26 heavy (non-hydrogen) atoms. The number of hydrogen-bond acceptors (Lipinski definition) is 6. The first-order valence-corrected chi connectivity index (χ1v) is 8.13. The second kappa shape index (κ2) is 8.24. The van der Waals surface area contributed by atoms with Crippen LogP contribution in [0.1, 0.15) is 5.56 Å². The highest BCUT2D eigenvalue weighted by Gasteiger charge is 2.15. The van der Waals surface area contributed by atoms with Crippen LogP contribution in [-0.2, 0) is 20.7 Å². The maximum absolute atomic E-state index is 12.0. The Morgan fingerprint density at radius 1 is 1.08 bits per heavy atom. The summed E-state index contributed by atoms with van der Waals surface area (Å²) in [6.45, 7) is 0.612. The van der Waals surface area contributed by atoms with Crippen molar-refractivity contribution in [1.29, 1.82) is 0 Å². The van der Waals surface area contributed by atoms with Crippen molar-refractivity contribution in [2.24, 2.45) is 0 Å². The second-order valence-electron chi connectivity index (χ2n) is 5.56. The van der Waals surface area contributed by atoms with Gasteiger partial charge in [0.05, 0.1) is 19.2 Å². The van der Waals surface area contributed by atoms with Crippen molar-refractivity contribution in [2.45, 2.75) is 6.42 Å². The number of carbonyl (C=O) groups excluding carboxylic acids is 2. The molecule has 136 valence electrons. The van der Waals surface area contributed by atoms with Crippen molar-refractivity contribution >= 4 is 17.6 Å². The highest BCUT2D eigenvalue weighted by atomic mass is 16.6. The van der Waals surface area contributed by atoms with E-state index in [1.165, 1.54) is 7.11 Å². The Morgan fingerprint density at radius 2 is 1.85 bits per heavy atom. The molecule has 0 radical (unpaired) electrons. The molecule has 0 bridgehead atoms. The predicted molar refractivity (Wildman–Crippen MR) is 93.7 cm³/mol. The summed E-state index contributed by atoms with van der Waals surface area (Å²) >= 11 is 0. The summed E-state index contributed by atoms with van der Waals surface area (Å²) in [5.41, 5.74) is 1.24. The van der Waals surface area contributed by atoms with Crippen molar-refractivity contribution in [1.82, 2.24) is 0 Å². The number of carbonyl (C=O) groups is 2. The first kappa shape index (κ1) is 17.6. The van der Waals surface area contributed by atoms with Crippen LogP contribution >= 0.6 is 0 Å². The van der Waals surface area contributed by atoms with E-state index in [1.54, 1.807) is 42.5 Å². The van der Waals surface area contributed by atoms with Crippen LogP contribution in [0.15, 0.2) is 42.5 Å². The third-order valence-electron chi connectivity index (χ3n) is 3.70. The number of ether oxygens (including phenoxy) is 4. The van der Waals surface area contributed by atoms with Gasteiger partial charge < -0.3 is 24.3 Å². The molecular weight excluding hydrogens is 338 g/mol. The van der Waals surface area contributed by atoms with E-state index in [4.69, 9.17) is 18.9 Å². The van der Waals surface area contributed by atoms with Crippen LogP contribution in [-0.4, -0.2) is 38.8 Å². The lowest BCUT2D eigenvalue weighted by molar-refractivity contribution is -0.146. The van der Waals surface area contributed by atoms with Crippen LogP contribution in [0, 0.1) is 0 Å². The summed E-state index contributed by atoms with van der Waals surface area (Å²) < 4.78 is 21.1. The molecule has 0 saturated heterocycles. The Balaban J connectivity index is 1.50. The van der Waals surface area contributed by atoms with E-state index in [0.717, 1.165) is 5.56 Å². The summed E-state index contributed by atoms with van der Waals surface area (Å²) in [7, 11) is 1.51. The normalized spacial score (nSPS) is 12.2. The van der Waals surface area contributed by atoms with Gasteiger partial charge in [0.25, 0.3) is 5.91 Å². The van der Waals surface area contributed by atoms with E-state index in [2.05, 4.69) is 5.32 Å². The standard InChI is InChI=1S/C19H19NO6/c1-23-15-5-3-2-4-14(15)20-18(21)12-26-19(22)11-13-6-7-16-17(10-13)25-9-8-24-16/h2-7,10H,8-9,11-12H2,1H3,(H,20,21). The number of para-hydroxylation sites is 2. The number of esters is 1. The van der Waals surface area contributed by atoms with Gasteiger partial charge in [0.2, 0.25) is 0 Å². The fourth-order valence-corrected chi connectivity index (χ4v) is 2.50. The fraction of sp³-hybridized carbons (Fsp3) is 0.263. The number of amides is 1. The fourth-order valence-electron chi connectivity index (χ4n) is 2.50. The summed E-state index contributed by atoms with van der Waals surface area (Å²) in [4.78, 5) is 23.9. The van der Waals surface area contributed by atoms with Crippen molar-refractivity contribution in [3.8, 4) is 17.2 Å². The lowest BCUT2D eigenvalue weighted by Crippen LogP contribution is -2.22. The predicted octanol–water partition coefficient (Wildman–Crippen LogP) is 2.19. The molecule has 2 aromatic rings. The molecule has 0 unspecified atom stereocenters. The molecule has 0 saturated carbocycles. The van der Waals surface area contributed by atoms with Gasteiger partial charge in [-0.1, -0.05) is 18.2 Å². The van der Waals surface area contributed by atoms with Crippen LogP contribution in [0.3, 0.4) is 0 Å². The maximum Gasteiger partial charge on any atom is 0.310 e. The summed E-state index contributed by atoms with van der Waals surface area (Å²) in [6, 6.07) is 12.3. The van der Waals surface area contributed by atoms with Gasteiger partial charge in [-0.3, -0.25) is 9.59 Å². The third-order valence-corrected chi connectivity index (χ3v) is 3.70. The van der Waals surface area contributed by atoms with E-state index in [9.17, 15) is 9.59 Å². The Labute approximate surface area is 150 Å². The zero-order valence-corrected chi connectivity index (χ0v) is 14.3. The molecule has 1 amide bonds. The molecule has 0 atom stereocenters. The van der Waals surface area contributed by atoms with Crippen LogP contribution in [0.4, 0.5) is 5.69 Å². The second-order valence-corrected chi connectivity index (χ2v) is 5.56. The molecule has 0 fully saturated rings. The highest BCUT2D eigenvalue weighted by Crippen LogP contribution is 2.30. The van der Waals surface area contributed by atoms with Gasteiger partial charge in [-0.2, -0.15) is 0 Å². The SMILES string of the molecule is COc1ccccc1NC(=O)COC(=O)Cc1ccc2c(c1)OCCO2. The third kappa shape index (κ3) is 4.44. The minimum atomic E-state index is -0.503. The van der Waals surface area contributed by atoms with Crippen LogP contribution in [0.25, 0.3) is 0 Å². The number of fused-ring (bicyclic) bond motifs is 1. The van der Waals surface area contributed by atoms with Crippen LogP contribution in [0.5, 0.6) is 17.2 Å². The van der Waals surface area contributed by atoms with Gasteiger partial charge in [0.15, 0.2) is 18.1 Å². The first-order chi connectivity index (χ1) is 12.7. The zero-order chi connectivity index (χ0) is 18.4. The van der Waals surface area contributed by atoms with E-state index < -0.39 is 11.9 Å². The number of methoxy groups -OCH3 is 1. The van der Waals surface area contributed by atoms with Gasteiger partial charge in [0, 0.05) is 0 Å². The van der Waals surface area contributed by atoms with Crippen molar-refractivity contribution in [3.63, 3.8) is 0 Å². The molecule has 7 heteroatoms. The molecule has 1 aliphatic heterocycles. The van der Waals surface area contributed by atoms with Crippen molar-refractivity contribution < 1.29 is 28.5 Å². The number of benzene rings is 2. The number of hydrogen-bond donors (Lipinski definition) is 1. The van der Waals surface area contributed by atoms with Crippen molar-refractivity contribution in [2.75, 3.05) is 32.2 Å². The molecule has 1 aliphatic rings. The molecule has 7 nitrogen and oxygen atoms in total. The molecular formula is C19H19NO6. The lowest BCUT2D eigenvalue weighted by Gasteiger charge is -2.18. The lowest BCUT2D eigenvalue weighted by atomic mass is 10.1. The van der Waals surface area contributed by atoms with Crippen LogP contribution in [0.2, 0.25) is 0 Å². The Kier molecular flexibility index (Phi) is 5.58. The molecule has 0 spiro atoms. The van der Waals surface area contributed by atoms with Gasteiger partial charge >= 0.3 is 5.97 Å². The van der Waals surface area contributed by atoms with Gasteiger partial charge in [-0.25, -0.2) is 0 Å². The summed E-state index contributed by atoms with van der Waals surface area (Å²) in [5.74, 6) is 0.852. The average molecular weight is 357 g/mol. The molecule has 3 rings (SSSR count). The minimum absolute atomic E-state index is 0.0403. The molecule has 1 heterocycles. The minimum Gasteiger partial charge on any atom is -0.495 e. The van der Waals surface area contributed by atoms with E-state index in [-0.39, 0.29) is 13.0 Å². The van der Waals surface area contributed by atoms with E-state index >= 15 is 0 Å². The quantitative estimate of drug-likeness (QED) is 0.798. The average Bonchev–Trinajstić information content (AvgIpc) is 2.67. The van der Waals surface area contributed by atoms with E-state index in [0.29, 0.717) is 36.1 Å². The maximum atomic E-state index is 12.0. The van der Waals surface area contributed by atoms with Crippen molar-refractivity contribution in [3.05, 3.63) is 48.0 Å². The van der Waals surface area contributed by atoms with Gasteiger partial charge in [-0.05, 0) is 29.8 Å². The topological polar surface area (TPSA) is 83.1 Å². The Hall–Kier alpha value is -3.22. The Morgan fingerprint density at radius 3 is 2.65 bits per heavy atom. The number of rotatable bonds is 6. The summed E-state index contributed by atoms with van der Waals surface area (Å²) in [6.07, 6.45) is 0.0403. The number of nitrogens with one attached hydrogen (secondary N) is 1. The molecule has 0 aromatic heterocycles. The first-order valence-electron chi connectivity index (χ1n) is 8.13. The van der Waals surface area contributed by atoms with Crippen LogP contribution < -0.4 is 19.5 Å². The number of anilines is 1. The molecule has 0 aliphatic carbocycles. The zero-order valence-electron chi connectivity index (χ0n) is 14.3. The van der Waals surface area contributed by atoms with Gasteiger partial charge in [-0.15, -0.1) is 0 Å². The largest absolute Gasteiger partial charge is 0.495 e. The highest BCUT2D eigenvalue weighted by molar-refractivity contribution is 5.94. The van der Waals surface area contributed by atoms with E-state index in [1.807, 2.05) is 0 Å². The monoisotopic (exact) mass is 357 g/mol. The smallest absolute Gasteiger partial charge is 0.310 e. The summed E-state index contributed by atoms with van der Waals surface area (Å²) in [5, 5.41) is 2.64. The molecule has 1 N–H and O–H groups in total. The Bertz CT molecular complexity index is 804.